The molecule has 1 aliphatic heterocycles. The van der Waals surface area contributed by atoms with Gasteiger partial charge in [0.15, 0.2) is 5.82 Å². The van der Waals surface area contributed by atoms with Crippen LogP contribution in [0, 0.1) is 0 Å². The second kappa shape index (κ2) is 6.01. The topological polar surface area (TPSA) is 86.5 Å². The van der Waals surface area contributed by atoms with Crippen molar-refractivity contribution < 1.29 is 14.3 Å². The highest BCUT2D eigenvalue weighted by Crippen LogP contribution is 2.28. The van der Waals surface area contributed by atoms with E-state index in [1.165, 1.54) is 11.5 Å². The lowest BCUT2D eigenvalue weighted by atomic mass is 10.2. The fourth-order valence-corrected chi connectivity index (χ4v) is 2.54. The molecule has 100 valence electrons. The minimum Gasteiger partial charge on any atom is -0.462 e. The molecular weight excluding hydrogens is 254 g/mol. The van der Waals surface area contributed by atoms with Gasteiger partial charge in [0.25, 0.3) is 0 Å². The number of esters is 1. The summed E-state index contributed by atoms with van der Waals surface area (Å²) in [6.45, 7) is 3.54. The Hall–Kier alpha value is -1.34. The maximum absolute atomic E-state index is 11.7. The smallest absolute Gasteiger partial charge is 0.344 e. The average molecular weight is 271 g/mol. The molecule has 3 N–H and O–H groups in total. The Kier molecular flexibility index (Phi) is 4.38. The second-order valence-corrected chi connectivity index (χ2v) is 4.78. The molecule has 1 atom stereocenters. The van der Waals surface area contributed by atoms with Crippen LogP contribution in [0.3, 0.4) is 0 Å². The quantitative estimate of drug-likeness (QED) is 0.789. The predicted molar refractivity (Wildman–Crippen MR) is 69.9 cm³/mol. The molecule has 0 radical (unpaired) electrons. The fraction of sp³-hybridized carbons (Fsp3) is 0.636. The van der Waals surface area contributed by atoms with E-state index < -0.39 is 5.97 Å². The van der Waals surface area contributed by atoms with Crippen molar-refractivity contribution in [1.82, 2.24) is 4.37 Å². The summed E-state index contributed by atoms with van der Waals surface area (Å²) in [6, 6.07) is 0. The molecule has 18 heavy (non-hydrogen) atoms. The Morgan fingerprint density at radius 3 is 3.22 bits per heavy atom. The Morgan fingerprint density at radius 1 is 1.72 bits per heavy atom. The largest absolute Gasteiger partial charge is 0.462 e. The SMILES string of the molecule is CCOC(=O)c1c(N)nsc1NCC1CCCO1. The monoisotopic (exact) mass is 271 g/mol. The van der Waals surface area contributed by atoms with Gasteiger partial charge < -0.3 is 20.5 Å². The fourth-order valence-electron chi connectivity index (χ4n) is 1.84. The number of hydrogen-bond donors (Lipinski definition) is 2. The molecule has 2 rings (SSSR count). The summed E-state index contributed by atoms with van der Waals surface area (Å²) < 4.78 is 14.4. The zero-order valence-corrected chi connectivity index (χ0v) is 11.1. The van der Waals surface area contributed by atoms with Crippen LogP contribution in [0.25, 0.3) is 0 Å². The van der Waals surface area contributed by atoms with Crippen molar-refractivity contribution in [2.75, 3.05) is 30.8 Å². The molecule has 0 aliphatic carbocycles. The third-order valence-electron chi connectivity index (χ3n) is 2.71. The van der Waals surface area contributed by atoms with Gasteiger partial charge in [0.2, 0.25) is 0 Å². The molecular formula is C11H17N3O3S. The maximum atomic E-state index is 11.7. The summed E-state index contributed by atoms with van der Waals surface area (Å²) in [6.07, 6.45) is 2.32. The van der Waals surface area contributed by atoms with Crippen LogP contribution in [0.5, 0.6) is 0 Å². The Morgan fingerprint density at radius 2 is 2.56 bits per heavy atom. The molecule has 7 heteroatoms. The van der Waals surface area contributed by atoms with E-state index >= 15 is 0 Å². The van der Waals surface area contributed by atoms with E-state index in [0.717, 1.165) is 19.4 Å². The van der Waals surface area contributed by atoms with Gasteiger partial charge in [-0.1, -0.05) is 0 Å². The average Bonchev–Trinajstić information content (AvgIpc) is 2.96. The summed E-state index contributed by atoms with van der Waals surface area (Å²) in [5, 5.41) is 3.82. The first kappa shape index (κ1) is 13.1. The molecule has 1 aromatic rings. The third-order valence-corrected chi connectivity index (χ3v) is 3.53. The molecule has 0 aromatic carbocycles. The van der Waals surface area contributed by atoms with Gasteiger partial charge in [-0.25, -0.2) is 4.79 Å². The molecule has 0 bridgehead atoms. The molecule has 2 heterocycles. The van der Waals surface area contributed by atoms with Crippen LogP contribution >= 0.6 is 11.5 Å². The lowest BCUT2D eigenvalue weighted by Gasteiger charge is -2.11. The molecule has 1 aliphatic rings. The first-order chi connectivity index (χ1) is 8.72. The van der Waals surface area contributed by atoms with Crippen molar-refractivity contribution in [1.29, 1.82) is 0 Å². The van der Waals surface area contributed by atoms with Crippen LogP contribution in [-0.2, 0) is 9.47 Å². The zero-order valence-electron chi connectivity index (χ0n) is 10.3. The Labute approximate surface area is 110 Å². The summed E-state index contributed by atoms with van der Waals surface area (Å²) in [4.78, 5) is 11.7. The van der Waals surface area contributed by atoms with E-state index in [-0.39, 0.29) is 11.9 Å². The number of nitrogens with one attached hydrogen (secondary N) is 1. The van der Waals surface area contributed by atoms with E-state index in [1.54, 1.807) is 6.92 Å². The van der Waals surface area contributed by atoms with E-state index in [2.05, 4.69) is 9.69 Å². The van der Waals surface area contributed by atoms with Gasteiger partial charge in [0, 0.05) is 13.2 Å². The van der Waals surface area contributed by atoms with Crippen molar-refractivity contribution in [2.24, 2.45) is 0 Å². The lowest BCUT2D eigenvalue weighted by Crippen LogP contribution is -2.19. The van der Waals surface area contributed by atoms with E-state index in [1.807, 2.05) is 0 Å². The minimum absolute atomic E-state index is 0.198. The van der Waals surface area contributed by atoms with Gasteiger partial charge in [-0.05, 0) is 31.3 Å². The van der Waals surface area contributed by atoms with Crippen molar-refractivity contribution in [3.05, 3.63) is 5.56 Å². The van der Waals surface area contributed by atoms with Crippen LogP contribution in [0.1, 0.15) is 30.1 Å². The first-order valence-electron chi connectivity index (χ1n) is 6.00. The second-order valence-electron chi connectivity index (χ2n) is 4.01. The van der Waals surface area contributed by atoms with Crippen LogP contribution in [0.4, 0.5) is 10.8 Å². The molecule has 0 saturated carbocycles. The molecule has 1 aromatic heterocycles. The number of carbonyl (C=O) groups is 1. The van der Waals surface area contributed by atoms with Crippen molar-refractivity contribution in [3.8, 4) is 0 Å². The highest BCUT2D eigenvalue weighted by atomic mass is 32.1. The van der Waals surface area contributed by atoms with E-state index in [4.69, 9.17) is 15.2 Å². The molecule has 1 fully saturated rings. The number of anilines is 2. The van der Waals surface area contributed by atoms with Gasteiger partial charge in [-0.2, -0.15) is 4.37 Å². The zero-order chi connectivity index (χ0) is 13.0. The molecule has 6 nitrogen and oxygen atoms in total. The Bertz CT molecular complexity index is 416. The van der Waals surface area contributed by atoms with Gasteiger partial charge in [0.05, 0.1) is 12.7 Å². The number of carbonyl (C=O) groups excluding carboxylic acids is 1. The van der Waals surface area contributed by atoms with Gasteiger partial charge in [-0.15, -0.1) is 0 Å². The highest BCUT2D eigenvalue weighted by molar-refractivity contribution is 7.11. The number of nitrogen functional groups attached to an aromatic ring is 1. The van der Waals surface area contributed by atoms with E-state index in [0.29, 0.717) is 23.7 Å². The van der Waals surface area contributed by atoms with Crippen LogP contribution in [0.15, 0.2) is 0 Å². The molecule has 1 saturated heterocycles. The van der Waals surface area contributed by atoms with E-state index in [9.17, 15) is 4.79 Å². The third kappa shape index (κ3) is 2.91. The van der Waals surface area contributed by atoms with Gasteiger partial charge in [0.1, 0.15) is 10.6 Å². The molecule has 0 amide bonds. The Balaban J connectivity index is 2.01. The number of ether oxygens (including phenoxy) is 2. The number of hydrogen-bond acceptors (Lipinski definition) is 7. The summed E-state index contributed by atoms with van der Waals surface area (Å²) in [5.41, 5.74) is 6.02. The maximum Gasteiger partial charge on any atom is 0.344 e. The van der Waals surface area contributed by atoms with Gasteiger partial charge >= 0.3 is 5.97 Å². The van der Waals surface area contributed by atoms with Crippen LogP contribution < -0.4 is 11.1 Å². The molecule has 1 unspecified atom stereocenters. The lowest BCUT2D eigenvalue weighted by molar-refractivity contribution is 0.0529. The number of aromatic nitrogens is 1. The minimum atomic E-state index is -0.432. The summed E-state index contributed by atoms with van der Waals surface area (Å²) in [5.74, 6) is -0.216. The van der Waals surface area contributed by atoms with Gasteiger partial charge in [-0.3, -0.25) is 0 Å². The number of nitrogens with zero attached hydrogens (tertiary/aromatic N) is 1. The van der Waals surface area contributed by atoms with Crippen LogP contribution in [-0.4, -0.2) is 36.2 Å². The number of nitrogens with two attached hydrogens (primary N) is 1. The molecule has 0 spiro atoms. The standard InChI is InChI=1S/C11H17N3O3S/c1-2-16-11(15)8-9(12)14-18-10(8)13-6-7-4-3-5-17-7/h7,13H,2-6H2,1H3,(H2,12,14). The summed E-state index contributed by atoms with van der Waals surface area (Å²) in [7, 11) is 0. The predicted octanol–water partition coefficient (Wildman–Crippen LogP) is 1.49. The summed E-state index contributed by atoms with van der Waals surface area (Å²) >= 11 is 1.17. The number of rotatable bonds is 5. The highest BCUT2D eigenvalue weighted by Gasteiger charge is 2.22. The van der Waals surface area contributed by atoms with Crippen molar-refractivity contribution >= 4 is 28.3 Å². The van der Waals surface area contributed by atoms with Crippen molar-refractivity contribution in [3.63, 3.8) is 0 Å². The van der Waals surface area contributed by atoms with Crippen LogP contribution in [0.2, 0.25) is 0 Å². The van der Waals surface area contributed by atoms with Crippen molar-refractivity contribution in [2.45, 2.75) is 25.9 Å². The first-order valence-corrected chi connectivity index (χ1v) is 6.77. The normalized spacial score (nSPS) is 18.8.